The van der Waals surface area contributed by atoms with Crippen LogP contribution in [0.15, 0.2) is 24.3 Å². The zero-order chi connectivity index (χ0) is 13.6. The molecule has 0 bridgehead atoms. The summed E-state index contributed by atoms with van der Waals surface area (Å²) in [6, 6.07) is 8.36. The van der Waals surface area contributed by atoms with Gasteiger partial charge in [-0.05, 0) is 18.9 Å². The quantitative estimate of drug-likeness (QED) is 0.809. The molecule has 1 aromatic carbocycles. The molecule has 3 nitrogen and oxygen atoms in total. The maximum atomic E-state index is 5.92. The molecule has 1 atom stereocenters. The Bertz CT molecular complexity index is 415. The summed E-state index contributed by atoms with van der Waals surface area (Å²) < 4.78 is 11.6. The molecule has 1 aromatic rings. The molecule has 0 spiro atoms. The zero-order valence-electron chi connectivity index (χ0n) is 12.1. The monoisotopic (exact) mass is 275 g/mol. The van der Waals surface area contributed by atoms with Gasteiger partial charge in [0.2, 0.25) is 0 Å². The maximum Gasteiger partial charge on any atom is 0.122 e. The Morgan fingerprint density at radius 2 is 2.00 bits per heavy atom. The molecule has 1 unspecified atom stereocenters. The first kappa shape index (κ1) is 13.9. The smallest absolute Gasteiger partial charge is 0.122 e. The van der Waals surface area contributed by atoms with E-state index in [9.17, 15) is 0 Å². The first-order valence-corrected chi connectivity index (χ1v) is 7.97. The highest BCUT2D eigenvalue weighted by Crippen LogP contribution is 2.32. The fourth-order valence-corrected chi connectivity index (χ4v) is 3.20. The van der Waals surface area contributed by atoms with E-state index in [1.165, 1.54) is 37.7 Å². The van der Waals surface area contributed by atoms with Crippen molar-refractivity contribution in [3.8, 4) is 5.75 Å². The number of nitrogens with one attached hydrogen (secondary N) is 1. The highest BCUT2D eigenvalue weighted by Gasteiger charge is 2.22. The van der Waals surface area contributed by atoms with Gasteiger partial charge < -0.3 is 14.8 Å². The largest absolute Gasteiger partial charge is 0.493 e. The summed E-state index contributed by atoms with van der Waals surface area (Å²) in [7, 11) is 0. The Balaban J connectivity index is 1.32. The zero-order valence-corrected chi connectivity index (χ0v) is 12.1. The molecule has 2 aliphatic rings. The molecule has 0 aromatic heterocycles. The average molecular weight is 275 g/mol. The van der Waals surface area contributed by atoms with Gasteiger partial charge >= 0.3 is 0 Å². The average Bonchev–Trinajstić information content (AvgIpc) is 2.91. The lowest BCUT2D eigenvalue weighted by atomic mass is 9.98. The predicted octanol–water partition coefficient (Wildman–Crippen LogP) is 3.10. The van der Waals surface area contributed by atoms with Crippen LogP contribution < -0.4 is 10.1 Å². The molecule has 1 aliphatic heterocycles. The second-order valence-corrected chi connectivity index (χ2v) is 5.88. The number of hydrogen-bond donors (Lipinski definition) is 1. The third kappa shape index (κ3) is 3.53. The minimum Gasteiger partial charge on any atom is -0.493 e. The first-order valence-electron chi connectivity index (χ1n) is 7.97. The molecule has 1 aliphatic carbocycles. The van der Waals surface area contributed by atoms with Gasteiger partial charge in [-0.25, -0.2) is 0 Å². The molecule has 0 radical (unpaired) electrons. The second kappa shape index (κ2) is 7.09. The van der Waals surface area contributed by atoms with Crippen LogP contribution in [-0.2, 0) is 4.74 Å². The van der Waals surface area contributed by atoms with E-state index >= 15 is 0 Å². The summed E-state index contributed by atoms with van der Waals surface area (Å²) in [4.78, 5) is 0. The molecule has 3 rings (SSSR count). The van der Waals surface area contributed by atoms with E-state index in [2.05, 4.69) is 23.5 Å². The van der Waals surface area contributed by atoms with Gasteiger partial charge in [-0.1, -0.05) is 37.5 Å². The fourth-order valence-electron chi connectivity index (χ4n) is 3.20. The van der Waals surface area contributed by atoms with Crippen LogP contribution in [0, 0.1) is 0 Å². The molecule has 1 heterocycles. The van der Waals surface area contributed by atoms with Crippen molar-refractivity contribution in [2.45, 2.75) is 44.1 Å². The topological polar surface area (TPSA) is 30.5 Å². The Kier molecular flexibility index (Phi) is 4.93. The van der Waals surface area contributed by atoms with Crippen LogP contribution >= 0.6 is 0 Å². The lowest BCUT2D eigenvalue weighted by Crippen LogP contribution is -2.28. The molecule has 1 N–H and O–H groups in total. The van der Waals surface area contributed by atoms with Gasteiger partial charge in [0, 0.05) is 24.6 Å². The summed E-state index contributed by atoms with van der Waals surface area (Å²) in [5, 5.41) is 3.50. The van der Waals surface area contributed by atoms with Crippen LogP contribution in [0.2, 0.25) is 0 Å². The van der Waals surface area contributed by atoms with E-state index < -0.39 is 0 Å². The molecular weight excluding hydrogens is 250 g/mol. The predicted molar refractivity (Wildman–Crippen MR) is 80.4 cm³/mol. The van der Waals surface area contributed by atoms with E-state index in [1.807, 2.05) is 6.07 Å². The van der Waals surface area contributed by atoms with Crippen molar-refractivity contribution in [3.05, 3.63) is 29.8 Å². The van der Waals surface area contributed by atoms with Gasteiger partial charge in [0.25, 0.3) is 0 Å². The Hall–Kier alpha value is -1.06. The lowest BCUT2D eigenvalue weighted by molar-refractivity contribution is 0.0302. The first-order chi connectivity index (χ1) is 9.93. The molecule has 110 valence electrons. The van der Waals surface area contributed by atoms with Crippen LogP contribution in [0.4, 0.5) is 0 Å². The number of ether oxygens (including phenoxy) is 2. The second-order valence-electron chi connectivity index (χ2n) is 5.88. The molecule has 3 heteroatoms. The van der Waals surface area contributed by atoms with Crippen molar-refractivity contribution in [2.24, 2.45) is 0 Å². The molecule has 0 amide bonds. The normalized spacial score (nSPS) is 22.5. The van der Waals surface area contributed by atoms with Gasteiger partial charge in [-0.2, -0.15) is 0 Å². The van der Waals surface area contributed by atoms with Gasteiger partial charge in [-0.3, -0.25) is 0 Å². The van der Waals surface area contributed by atoms with E-state index in [0.717, 1.165) is 32.1 Å². The van der Waals surface area contributed by atoms with Gasteiger partial charge in [0.15, 0.2) is 0 Å². The van der Waals surface area contributed by atoms with Crippen molar-refractivity contribution in [2.75, 3.05) is 26.3 Å². The summed E-state index contributed by atoms with van der Waals surface area (Å²) in [6.07, 6.45) is 7.09. The summed E-state index contributed by atoms with van der Waals surface area (Å²) in [5.41, 5.74) is 1.34. The van der Waals surface area contributed by atoms with Crippen molar-refractivity contribution in [1.29, 1.82) is 0 Å². The lowest BCUT2D eigenvalue weighted by Gasteiger charge is -2.22. The SMILES string of the molecule is c1ccc2c(c1)OCC2CNCCOC1CCCCC1. The Morgan fingerprint density at radius 3 is 2.90 bits per heavy atom. The Morgan fingerprint density at radius 1 is 1.15 bits per heavy atom. The van der Waals surface area contributed by atoms with E-state index in [-0.39, 0.29) is 0 Å². The van der Waals surface area contributed by atoms with Crippen LogP contribution in [0.5, 0.6) is 5.75 Å². The standard InChI is InChI=1S/C17H25NO2/c1-2-6-15(7-3-1)19-11-10-18-12-14-13-20-17-9-5-4-8-16(14)17/h4-5,8-9,14-15,18H,1-3,6-7,10-13H2. The van der Waals surface area contributed by atoms with Gasteiger partial charge in [0.05, 0.1) is 19.3 Å². The molecule has 1 fully saturated rings. The third-order valence-electron chi connectivity index (χ3n) is 4.37. The molecule has 0 saturated heterocycles. The number of hydrogen-bond acceptors (Lipinski definition) is 3. The van der Waals surface area contributed by atoms with Crippen molar-refractivity contribution >= 4 is 0 Å². The molecular formula is C17H25NO2. The minimum atomic E-state index is 0.487. The van der Waals surface area contributed by atoms with Crippen LogP contribution in [0.25, 0.3) is 0 Å². The minimum absolute atomic E-state index is 0.487. The number of rotatable bonds is 6. The van der Waals surface area contributed by atoms with E-state index in [4.69, 9.17) is 9.47 Å². The van der Waals surface area contributed by atoms with Crippen molar-refractivity contribution in [1.82, 2.24) is 5.32 Å². The molecule has 1 saturated carbocycles. The highest BCUT2D eigenvalue weighted by atomic mass is 16.5. The van der Waals surface area contributed by atoms with Gasteiger partial charge in [-0.15, -0.1) is 0 Å². The van der Waals surface area contributed by atoms with E-state index in [1.54, 1.807) is 0 Å². The number of benzene rings is 1. The van der Waals surface area contributed by atoms with Crippen LogP contribution in [0.3, 0.4) is 0 Å². The van der Waals surface area contributed by atoms with E-state index in [0.29, 0.717) is 12.0 Å². The summed E-state index contributed by atoms with van der Waals surface area (Å²) >= 11 is 0. The van der Waals surface area contributed by atoms with Crippen molar-refractivity contribution in [3.63, 3.8) is 0 Å². The van der Waals surface area contributed by atoms with Crippen LogP contribution in [-0.4, -0.2) is 32.4 Å². The highest BCUT2D eigenvalue weighted by molar-refractivity contribution is 5.39. The summed E-state index contributed by atoms with van der Waals surface area (Å²) in [5.74, 6) is 1.54. The Labute approximate surface area is 121 Å². The maximum absolute atomic E-state index is 5.92. The molecule has 20 heavy (non-hydrogen) atoms. The van der Waals surface area contributed by atoms with Gasteiger partial charge in [0.1, 0.15) is 5.75 Å². The van der Waals surface area contributed by atoms with Crippen molar-refractivity contribution < 1.29 is 9.47 Å². The summed E-state index contributed by atoms with van der Waals surface area (Å²) in [6.45, 7) is 3.55. The van der Waals surface area contributed by atoms with Crippen LogP contribution in [0.1, 0.15) is 43.6 Å². The number of para-hydroxylation sites is 1. The third-order valence-corrected chi connectivity index (χ3v) is 4.37. The fraction of sp³-hybridized carbons (Fsp3) is 0.647. The number of fused-ring (bicyclic) bond motifs is 1.